The van der Waals surface area contributed by atoms with E-state index in [-0.39, 0.29) is 28.9 Å². The van der Waals surface area contributed by atoms with Crippen LogP contribution in [0.4, 0.5) is 5.69 Å². The van der Waals surface area contributed by atoms with Gasteiger partial charge in [-0.25, -0.2) is 4.90 Å². The van der Waals surface area contributed by atoms with Crippen molar-refractivity contribution in [2.75, 3.05) is 4.90 Å². The molecule has 0 aromatic heterocycles. The maximum Gasteiger partial charge on any atom is 0.266 e. The number of amides is 3. The summed E-state index contributed by atoms with van der Waals surface area (Å²) in [6, 6.07) is 7.13. The van der Waals surface area contributed by atoms with E-state index in [2.05, 4.69) is 26.5 Å². The van der Waals surface area contributed by atoms with Gasteiger partial charge in [0.1, 0.15) is 0 Å². The summed E-state index contributed by atoms with van der Waals surface area (Å²) in [7, 11) is 0. The number of primary amides is 1. The third-order valence-electron chi connectivity index (χ3n) is 5.75. The van der Waals surface area contributed by atoms with Crippen molar-refractivity contribution < 1.29 is 14.4 Å². The Bertz CT molecular complexity index is 1080. The predicted molar refractivity (Wildman–Crippen MR) is 119 cm³/mol. The van der Waals surface area contributed by atoms with Crippen LogP contribution in [-0.2, 0) is 6.42 Å². The lowest BCUT2D eigenvalue weighted by atomic mass is 9.87. The molecule has 0 saturated carbocycles. The van der Waals surface area contributed by atoms with Crippen LogP contribution in [0.3, 0.4) is 0 Å². The highest BCUT2D eigenvalue weighted by Gasteiger charge is 2.41. The summed E-state index contributed by atoms with van der Waals surface area (Å²) in [6.07, 6.45) is 2.34. The van der Waals surface area contributed by atoms with Gasteiger partial charge in [0.2, 0.25) is 5.91 Å². The minimum Gasteiger partial charge on any atom is -0.366 e. The van der Waals surface area contributed by atoms with Crippen LogP contribution in [0.5, 0.6) is 0 Å². The van der Waals surface area contributed by atoms with E-state index in [1.54, 1.807) is 13.0 Å². The van der Waals surface area contributed by atoms with Crippen LogP contribution in [0.1, 0.15) is 92.9 Å². The van der Waals surface area contributed by atoms with Crippen LogP contribution in [0.15, 0.2) is 36.9 Å². The molecule has 0 aliphatic carbocycles. The van der Waals surface area contributed by atoms with Crippen LogP contribution in [0.25, 0.3) is 0 Å². The maximum absolute atomic E-state index is 13.5. The Morgan fingerprint density at radius 2 is 1.63 bits per heavy atom. The molecule has 0 spiro atoms. The van der Waals surface area contributed by atoms with Crippen molar-refractivity contribution in [2.24, 2.45) is 5.73 Å². The van der Waals surface area contributed by atoms with Gasteiger partial charge in [-0.15, -0.1) is 6.58 Å². The lowest BCUT2D eigenvalue weighted by Gasteiger charge is -2.27. The summed E-state index contributed by atoms with van der Waals surface area (Å²) in [6.45, 7) is 13.8. The van der Waals surface area contributed by atoms with Gasteiger partial charge in [-0.1, -0.05) is 45.9 Å². The summed E-state index contributed by atoms with van der Waals surface area (Å²) in [5.74, 6) is -1.08. The van der Waals surface area contributed by atoms with Gasteiger partial charge >= 0.3 is 0 Å². The van der Waals surface area contributed by atoms with Gasteiger partial charge in [-0.05, 0) is 59.6 Å². The minimum atomic E-state index is -0.619. The average molecular weight is 405 g/mol. The molecule has 0 fully saturated rings. The van der Waals surface area contributed by atoms with Crippen molar-refractivity contribution in [1.29, 1.82) is 0 Å². The summed E-state index contributed by atoms with van der Waals surface area (Å²) in [4.78, 5) is 40.0. The number of imide groups is 1. The predicted octanol–water partition coefficient (Wildman–Crippen LogP) is 4.87. The van der Waals surface area contributed by atoms with Gasteiger partial charge < -0.3 is 5.73 Å². The molecule has 2 N–H and O–H groups in total. The second-order valence-electron chi connectivity index (χ2n) is 8.34. The fraction of sp³-hybridized carbons (Fsp3) is 0.320. The molecule has 3 rings (SSSR count). The topological polar surface area (TPSA) is 80.5 Å². The van der Waals surface area contributed by atoms with Crippen LogP contribution < -0.4 is 10.6 Å². The highest BCUT2D eigenvalue weighted by Crippen LogP contribution is 2.41. The van der Waals surface area contributed by atoms with Crippen LogP contribution >= 0.6 is 0 Å². The van der Waals surface area contributed by atoms with Crippen molar-refractivity contribution in [1.82, 2.24) is 0 Å². The van der Waals surface area contributed by atoms with Gasteiger partial charge in [-0.3, -0.25) is 14.4 Å². The largest absolute Gasteiger partial charge is 0.366 e. The van der Waals surface area contributed by atoms with E-state index >= 15 is 0 Å². The molecular weight excluding hydrogens is 376 g/mol. The molecule has 5 heteroatoms. The van der Waals surface area contributed by atoms with Crippen LogP contribution in [0.2, 0.25) is 0 Å². The zero-order chi connectivity index (χ0) is 22.3. The Morgan fingerprint density at radius 3 is 2.17 bits per heavy atom. The number of benzene rings is 2. The molecule has 3 amide bonds. The summed E-state index contributed by atoms with van der Waals surface area (Å²) < 4.78 is 0. The maximum atomic E-state index is 13.5. The second kappa shape index (κ2) is 7.90. The molecule has 2 aromatic carbocycles. The Kier molecular flexibility index (Phi) is 5.66. The Labute approximate surface area is 177 Å². The molecule has 1 aliphatic rings. The first-order valence-corrected chi connectivity index (χ1v) is 10.2. The van der Waals surface area contributed by atoms with Crippen LogP contribution in [-0.4, -0.2) is 17.7 Å². The first-order chi connectivity index (χ1) is 14.1. The molecule has 0 bridgehead atoms. The molecule has 0 saturated heterocycles. The minimum absolute atomic E-state index is 0.108. The van der Waals surface area contributed by atoms with Crippen molar-refractivity contribution in [2.45, 2.75) is 52.9 Å². The van der Waals surface area contributed by atoms with Crippen molar-refractivity contribution in [3.05, 3.63) is 75.9 Å². The number of fused-ring (bicyclic) bond motifs is 1. The number of hydrogen-bond acceptors (Lipinski definition) is 3. The Hall–Kier alpha value is -3.21. The molecule has 0 atom stereocenters. The summed E-state index contributed by atoms with van der Waals surface area (Å²) in [5, 5.41) is 0. The number of nitrogens with two attached hydrogens (primary N) is 1. The third kappa shape index (κ3) is 3.24. The quantitative estimate of drug-likeness (QED) is 0.551. The van der Waals surface area contributed by atoms with E-state index in [1.165, 1.54) is 17.0 Å². The molecule has 5 nitrogen and oxygen atoms in total. The highest BCUT2D eigenvalue weighted by atomic mass is 16.2. The Balaban J connectivity index is 2.32. The summed E-state index contributed by atoms with van der Waals surface area (Å²) in [5.41, 5.74) is 10.3. The van der Waals surface area contributed by atoms with Gasteiger partial charge in [-0.2, -0.15) is 0 Å². The highest BCUT2D eigenvalue weighted by molar-refractivity contribution is 6.35. The molecule has 1 aliphatic heterocycles. The van der Waals surface area contributed by atoms with Gasteiger partial charge in [0.05, 0.1) is 16.8 Å². The zero-order valence-corrected chi connectivity index (χ0v) is 18.2. The van der Waals surface area contributed by atoms with E-state index in [9.17, 15) is 14.4 Å². The summed E-state index contributed by atoms with van der Waals surface area (Å²) >= 11 is 0. The first-order valence-electron chi connectivity index (χ1n) is 10.2. The van der Waals surface area contributed by atoms with Crippen molar-refractivity contribution in [3.8, 4) is 0 Å². The molecule has 0 radical (unpaired) electrons. The van der Waals surface area contributed by atoms with Gasteiger partial charge in [0.25, 0.3) is 11.8 Å². The number of rotatable bonds is 6. The molecule has 30 heavy (non-hydrogen) atoms. The zero-order valence-electron chi connectivity index (χ0n) is 18.2. The molecular formula is C25H28N2O3. The molecule has 2 aromatic rings. The van der Waals surface area contributed by atoms with E-state index in [1.807, 2.05) is 19.9 Å². The van der Waals surface area contributed by atoms with E-state index < -0.39 is 11.8 Å². The number of hydrogen-bond donors (Lipinski definition) is 1. The number of carbonyl (C=O) groups excluding carboxylic acids is 3. The normalized spacial score (nSPS) is 13.4. The third-order valence-corrected chi connectivity index (χ3v) is 5.75. The van der Waals surface area contributed by atoms with E-state index in [4.69, 9.17) is 5.73 Å². The van der Waals surface area contributed by atoms with E-state index in [0.29, 0.717) is 23.2 Å². The van der Waals surface area contributed by atoms with E-state index in [0.717, 1.165) is 16.7 Å². The average Bonchev–Trinajstić information content (AvgIpc) is 2.92. The van der Waals surface area contributed by atoms with Gasteiger partial charge in [0, 0.05) is 5.56 Å². The van der Waals surface area contributed by atoms with Crippen LogP contribution in [0, 0.1) is 6.92 Å². The van der Waals surface area contributed by atoms with Gasteiger partial charge in [0.15, 0.2) is 0 Å². The first kappa shape index (κ1) is 21.5. The Morgan fingerprint density at radius 1 is 1.03 bits per heavy atom. The monoisotopic (exact) mass is 404 g/mol. The lowest BCUT2D eigenvalue weighted by molar-refractivity contribution is 0.0924. The second-order valence-corrected chi connectivity index (χ2v) is 8.34. The smallest absolute Gasteiger partial charge is 0.266 e. The number of allylic oxidation sites excluding steroid dienone is 1. The molecule has 0 unspecified atom stereocenters. The fourth-order valence-electron chi connectivity index (χ4n) is 4.26. The lowest BCUT2D eigenvalue weighted by Crippen LogP contribution is -2.32. The number of carbonyl (C=O) groups is 3. The van der Waals surface area contributed by atoms with Crippen molar-refractivity contribution in [3.63, 3.8) is 0 Å². The standard InChI is InChI=1S/C25H28N2O3/c1-7-8-19-16(13(2)3)9-10-17(14(4)5)22(19)27-24(29)20-12-11-18(23(26)28)15(6)21(20)25(27)30/h7,9-14H,1,8H2,2-6H3,(H2,26,28). The number of nitrogens with zero attached hydrogens (tertiary/aromatic N) is 1. The number of anilines is 1. The molecule has 156 valence electrons. The molecule has 1 heterocycles. The SMILES string of the molecule is C=CCc1c(C(C)C)ccc(C(C)C)c1N1C(=O)c2ccc(C(N)=O)c(C)c2C1=O. The van der Waals surface area contributed by atoms with Crippen molar-refractivity contribution >= 4 is 23.4 Å². The fourth-order valence-corrected chi connectivity index (χ4v) is 4.26.